The van der Waals surface area contributed by atoms with Crippen LogP contribution < -0.4 is 5.32 Å². The molecule has 0 fully saturated rings. The fraction of sp³-hybridized carbons (Fsp3) is 0.238. The third-order valence-electron chi connectivity index (χ3n) is 4.63. The minimum Gasteiger partial charge on any atom is -0.370 e. The first-order valence-corrected chi connectivity index (χ1v) is 9.80. The van der Waals surface area contributed by atoms with E-state index in [0.717, 1.165) is 17.7 Å². The maximum Gasteiger partial charge on any atom is 0.251 e. The standard InChI is InChI=1S/C21H19Cl2N3O2/c22-17-8-16(9-18(23)10-17)21(27)24-11-19-20-15(6-7-28-19)13-26(25-20)12-14-4-2-1-3-5-14/h1-5,8-10,13,19H,6-7,11-12H2,(H,24,27). The number of nitrogens with one attached hydrogen (secondary N) is 1. The Hall–Kier alpha value is -2.34. The molecule has 0 saturated heterocycles. The van der Waals surface area contributed by atoms with Gasteiger partial charge in [-0.05, 0) is 35.7 Å². The van der Waals surface area contributed by atoms with Gasteiger partial charge in [-0.15, -0.1) is 0 Å². The molecule has 0 radical (unpaired) electrons. The van der Waals surface area contributed by atoms with E-state index in [1.807, 2.05) is 22.9 Å². The van der Waals surface area contributed by atoms with Gasteiger partial charge in [0.05, 0.1) is 18.8 Å². The fourth-order valence-electron chi connectivity index (χ4n) is 3.31. The quantitative estimate of drug-likeness (QED) is 0.676. The molecule has 3 aromatic rings. The van der Waals surface area contributed by atoms with Crippen molar-refractivity contribution < 1.29 is 9.53 Å². The summed E-state index contributed by atoms with van der Waals surface area (Å²) in [7, 11) is 0. The summed E-state index contributed by atoms with van der Waals surface area (Å²) in [6.45, 7) is 1.64. The summed E-state index contributed by atoms with van der Waals surface area (Å²) in [5.41, 5.74) is 3.65. The molecule has 1 aliphatic rings. The summed E-state index contributed by atoms with van der Waals surface area (Å²) >= 11 is 12.0. The predicted octanol–water partition coefficient (Wildman–Crippen LogP) is 4.28. The van der Waals surface area contributed by atoms with Gasteiger partial charge in [-0.3, -0.25) is 9.48 Å². The summed E-state index contributed by atoms with van der Waals surface area (Å²) in [5.74, 6) is -0.246. The smallest absolute Gasteiger partial charge is 0.251 e. The van der Waals surface area contributed by atoms with E-state index in [1.165, 1.54) is 5.56 Å². The maximum atomic E-state index is 12.4. The van der Waals surface area contributed by atoms with Crippen molar-refractivity contribution in [3.8, 4) is 0 Å². The van der Waals surface area contributed by atoms with Crippen molar-refractivity contribution in [3.05, 3.63) is 87.2 Å². The van der Waals surface area contributed by atoms with Crippen LogP contribution in [0.15, 0.2) is 54.7 Å². The number of halogens is 2. The van der Waals surface area contributed by atoms with Crippen LogP contribution in [0, 0.1) is 0 Å². The highest BCUT2D eigenvalue weighted by atomic mass is 35.5. The normalized spacial score (nSPS) is 15.9. The number of carbonyl (C=O) groups is 1. The van der Waals surface area contributed by atoms with E-state index in [9.17, 15) is 4.79 Å². The van der Waals surface area contributed by atoms with Crippen LogP contribution >= 0.6 is 23.2 Å². The van der Waals surface area contributed by atoms with Crippen molar-refractivity contribution >= 4 is 29.1 Å². The summed E-state index contributed by atoms with van der Waals surface area (Å²) in [5, 5.41) is 8.45. The Kier molecular flexibility index (Phi) is 5.67. The van der Waals surface area contributed by atoms with Crippen molar-refractivity contribution in [1.29, 1.82) is 0 Å². The SMILES string of the molecule is O=C(NCC1OCCc2cn(Cc3ccccc3)nc21)c1cc(Cl)cc(Cl)c1. The lowest BCUT2D eigenvalue weighted by Gasteiger charge is -2.22. The summed E-state index contributed by atoms with van der Waals surface area (Å²) in [4.78, 5) is 12.4. The van der Waals surface area contributed by atoms with Crippen LogP contribution in [0.2, 0.25) is 10.0 Å². The van der Waals surface area contributed by atoms with E-state index in [4.69, 9.17) is 33.0 Å². The average molecular weight is 416 g/mol. The summed E-state index contributed by atoms with van der Waals surface area (Å²) in [6, 6.07) is 14.9. The molecular formula is C21H19Cl2N3O2. The number of ether oxygens (including phenoxy) is 1. The molecule has 7 heteroatoms. The molecule has 0 spiro atoms. The van der Waals surface area contributed by atoms with Crippen LogP contribution in [0.4, 0.5) is 0 Å². The van der Waals surface area contributed by atoms with Gasteiger partial charge < -0.3 is 10.1 Å². The fourth-order valence-corrected chi connectivity index (χ4v) is 3.84. The van der Waals surface area contributed by atoms with Gasteiger partial charge in [0.2, 0.25) is 0 Å². The largest absolute Gasteiger partial charge is 0.370 e. The third kappa shape index (κ3) is 4.38. The van der Waals surface area contributed by atoms with Crippen molar-refractivity contribution in [2.45, 2.75) is 19.1 Å². The van der Waals surface area contributed by atoms with Crippen LogP contribution in [0.25, 0.3) is 0 Å². The van der Waals surface area contributed by atoms with Gasteiger partial charge in [0.15, 0.2) is 0 Å². The molecule has 0 saturated carbocycles. The third-order valence-corrected chi connectivity index (χ3v) is 5.06. The average Bonchev–Trinajstić information content (AvgIpc) is 3.09. The highest BCUT2D eigenvalue weighted by Gasteiger charge is 2.25. The second-order valence-corrected chi connectivity index (χ2v) is 7.57. The van der Waals surface area contributed by atoms with Gasteiger partial charge in [0, 0.05) is 28.4 Å². The van der Waals surface area contributed by atoms with Gasteiger partial charge in [-0.1, -0.05) is 53.5 Å². The molecule has 28 heavy (non-hydrogen) atoms. The Balaban J connectivity index is 1.45. The minimum absolute atomic E-state index is 0.246. The number of hydrogen-bond donors (Lipinski definition) is 1. The van der Waals surface area contributed by atoms with Gasteiger partial charge in [0.25, 0.3) is 5.91 Å². The zero-order valence-corrected chi connectivity index (χ0v) is 16.6. The molecule has 144 valence electrons. The first-order chi connectivity index (χ1) is 13.6. The Morgan fingerprint density at radius 3 is 2.68 bits per heavy atom. The van der Waals surface area contributed by atoms with Crippen molar-refractivity contribution in [1.82, 2.24) is 15.1 Å². The lowest BCUT2D eigenvalue weighted by molar-refractivity contribution is 0.0383. The van der Waals surface area contributed by atoms with Crippen LogP contribution in [0.5, 0.6) is 0 Å². The van der Waals surface area contributed by atoms with Crippen molar-refractivity contribution in [2.75, 3.05) is 13.2 Å². The van der Waals surface area contributed by atoms with E-state index in [1.54, 1.807) is 18.2 Å². The molecule has 5 nitrogen and oxygen atoms in total. The number of nitrogens with zero attached hydrogens (tertiary/aromatic N) is 2. The summed E-state index contributed by atoms with van der Waals surface area (Å²) < 4.78 is 7.79. The summed E-state index contributed by atoms with van der Waals surface area (Å²) in [6.07, 6.45) is 2.61. The van der Waals surface area contributed by atoms with Crippen molar-refractivity contribution in [2.24, 2.45) is 0 Å². The first-order valence-electron chi connectivity index (χ1n) is 9.04. The van der Waals surface area contributed by atoms with E-state index >= 15 is 0 Å². The Labute approximate surface area is 173 Å². The van der Waals surface area contributed by atoms with Crippen molar-refractivity contribution in [3.63, 3.8) is 0 Å². The Bertz CT molecular complexity index is 968. The van der Waals surface area contributed by atoms with E-state index in [0.29, 0.717) is 35.3 Å². The molecule has 1 amide bonds. The molecule has 1 N–H and O–H groups in total. The Morgan fingerprint density at radius 2 is 1.93 bits per heavy atom. The second kappa shape index (κ2) is 8.35. The molecule has 1 aliphatic heterocycles. The number of fused-ring (bicyclic) bond motifs is 1. The topological polar surface area (TPSA) is 56.1 Å². The minimum atomic E-state index is -0.278. The number of rotatable bonds is 5. The zero-order valence-electron chi connectivity index (χ0n) is 15.1. The highest BCUT2D eigenvalue weighted by Crippen LogP contribution is 2.26. The molecule has 1 unspecified atom stereocenters. The molecule has 0 aliphatic carbocycles. The molecular weight excluding hydrogens is 397 g/mol. The van der Waals surface area contributed by atoms with Gasteiger partial charge >= 0.3 is 0 Å². The number of hydrogen-bond acceptors (Lipinski definition) is 3. The molecule has 1 aromatic heterocycles. The van der Waals surface area contributed by atoms with Crippen LogP contribution in [0.1, 0.15) is 33.3 Å². The monoisotopic (exact) mass is 415 g/mol. The highest BCUT2D eigenvalue weighted by molar-refractivity contribution is 6.35. The number of benzene rings is 2. The van der Waals surface area contributed by atoms with E-state index in [-0.39, 0.29) is 12.0 Å². The van der Waals surface area contributed by atoms with Gasteiger partial charge in [-0.2, -0.15) is 5.10 Å². The molecule has 2 heterocycles. The van der Waals surface area contributed by atoms with Gasteiger partial charge in [-0.25, -0.2) is 0 Å². The first kappa shape index (κ1) is 19.0. The molecule has 1 atom stereocenters. The van der Waals surface area contributed by atoms with Crippen LogP contribution in [0.3, 0.4) is 0 Å². The van der Waals surface area contributed by atoms with Gasteiger partial charge in [0.1, 0.15) is 6.10 Å². The molecule has 4 rings (SSSR count). The second-order valence-electron chi connectivity index (χ2n) is 6.70. The predicted molar refractivity (Wildman–Crippen MR) is 109 cm³/mol. The number of aromatic nitrogens is 2. The van der Waals surface area contributed by atoms with Crippen LogP contribution in [-0.2, 0) is 17.7 Å². The molecule has 2 aromatic carbocycles. The maximum absolute atomic E-state index is 12.4. The van der Waals surface area contributed by atoms with E-state index in [2.05, 4.69) is 23.6 Å². The lowest BCUT2D eigenvalue weighted by Crippen LogP contribution is -2.32. The van der Waals surface area contributed by atoms with E-state index < -0.39 is 0 Å². The zero-order chi connectivity index (χ0) is 19.5. The lowest BCUT2D eigenvalue weighted by atomic mass is 10.1. The Morgan fingerprint density at radius 1 is 1.18 bits per heavy atom. The molecule has 0 bridgehead atoms. The number of carbonyl (C=O) groups excluding carboxylic acids is 1. The van der Waals surface area contributed by atoms with Crippen LogP contribution in [-0.4, -0.2) is 28.8 Å². The number of amides is 1.